The van der Waals surface area contributed by atoms with Crippen LogP contribution in [0.2, 0.25) is 0 Å². The number of aliphatic hydroxyl groups excluding tert-OH is 1. The summed E-state index contributed by atoms with van der Waals surface area (Å²) in [7, 11) is 0. The normalized spacial score (nSPS) is 13.9. The molecular formula is C16H13NO2. The fourth-order valence-corrected chi connectivity index (χ4v) is 2.27. The molecule has 1 heterocycles. The minimum absolute atomic E-state index is 0.0244. The Balaban J connectivity index is 2.19. The molecule has 1 aliphatic carbocycles. The standard InChI is InChI=1S/C16H13NO2/c1-9-7-8-13(17-10(9)2)14-15(18)11-5-3-4-6-12(11)16(14)19/h3-8,18H,1-2H3. The van der Waals surface area contributed by atoms with E-state index in [1.54, 1.807) is 30.3 Å². The molecule has 1 N–H and O–H groups in total. The third-order valence-corrected chi connectivity index (χ3v) is 3.50. The van der Waals surface area contributed by atoms with Crippen molar-refractivity contribution < 1.29 is 9.90 Å². The number of nitrogens with zero attached hydrogens (tertiary/aromatic N) is 1. The summed E-state index contributed by atoms with van der Waals surface area (Å²) in [5.74, 6) is -0.139. The van der Waals surface area contributed by atoms with Gasteiger partial charge in [-0.1, -0.05) is 30.3 Å². The SMILES string of the molecule is Cc1ccc(C2=C(O)c3ccccc3C2=O)nc1C. The van der Waals surface area contributed by atoms with E-state index in [9.17, 15) is 9.90 Å². The lowest BCUT2D eigenvalue weighted by molar-refractivity contribution is 0.105. The third-order valence-electron chi connectivity index (χ3n) is 3.50. The Kier molecular flexibility index (Phi) is 2.49. The van der Waals surface area contributed by atoms with E-state index >= 15 is 0 Å². The van der Waals surface area contributed by atoms with Crippen molar-refractivity contribution in [1.29, 1.82) is 0 Å². The van der Waals surface area contributed by atoms with Crippen LogP contribution in [0.5, 0.6) is 0 Å². The number of allylic oxidation sites excluding steroid dienone is 1. The second kappa shape index (κ2) is 4.05. The summed E-state index contributed by atoms with van der Waals surface area (Å²) in [6.45, 7) is 3.86. The number of hydrogen-bond donors (Lipinski definition) is 1. The summed E-state index contributed by atoms with van der Waals surface area (Å²) >= 11 is 0. The number of benzene rings is 1. The first-order valence-corrected chi connectivity index (χ1v) is 6.11. The fraction of sp³-hybridized carbons (Fsp3) is 0.125. The molecule has 0 saturated heterocycles. The largest absolute Gasteiger partial charge is 0.506 e. The van der Waals surface area contributed by atoms with Gasteiger partial charge in [0, 0.05) is 16.8 Å². The molecule has 1 aromatic carbocycles. The van der Waals surface area contributed by atoms with Crippen LogP contribution >= 0.6 is 0 Å². The summed E-state index contributed by atoms with van der Waals surface area (Å²) in [4.78, 5) is 16.7. The number of hydrogen-bond acceptors (Lipinski definition) is 3. The number of pyridine rings is 1. The van der Waals surface area contributed by atoms with Crippen molar-refractivity contribution in [3.8, 4) is 0 Å². The second-order valence-corrected chi connectivity index (χ2v) is 4.70. The molecule has 94 valence electrons. The highest BCUT2D eigenvalue weighted by molar-refractivity contribution is 6.38. The van der Waals surface area contributed by atoms with Crippen LogP contribution in [0.25, 0.3) is 11.3 Å². The number of aliphatic hydroxyl groups is 1. The maximum Gasteiger partial charge on any atom is 0.199 e. The molecule has 3 rings (SSSR count). The van der Waals surface area contributed by atoms with E-state index in [0.717, 1.165) is 11.3 Å². The molecule has 0 fully saturated rings. The molecule has 3 heteroatoms. The van der Waals surface area contributed by atoms with Crippen LogP contribution in [0.15, 0.2) is 36.4 Å². The van der Waals surface area contributed by atoms with Crippen LogP contribution in [0, 0.1) is 13.8 Å². The molecule has 2 aromatic rings. The van der Waals surface area contributed by atoms with Crippen LogP contribution in [0.1, 0.15) is 32.9 Å². The molecule has 0 amide bonds. The van der Waals surface area contributed by atoms with Gasteiger partial charge in [-0.25, -0.2) is 0 Å². The van der Waals surface area contributed by atoms with Gasteiger partial charge in [0.25, 0.3) is 0 Å². The smallest absolute Gasteiger partial charge is 0.199 e. The van der Waals surface area contributed by atoms with Gasteiger partial charge < -0.3 is 5.11 Å². The quantitative estimate of drug-likeness (QED) is 0.845. The lowest BCUT2D eigenvalue weighted by atomic mass is 10.1. The molecule has 0 spiro atoms. The Morgan fingerprint density at radius 1 is 1.00 bits per heavy atom. The van der Waals surface area contributed by atoms with E-state index in [1.807, 2.05) is 19.9 Å². The summed E-state index contributed by atoms with van der Waals surface area (Å²) in [6.07, 6.45) is 0. The summed E-state index contributed by atoms with van der Waals surface area (Å²) in [6, 6.07) is 10.8. The number of fused-ring (bicyclic) bond motifs is 1. The van der Waals surface area contributed by atoms with E-state index in [4.69, 9.17) is 0 Å². The van der Waals surface area contributed by atoms with E-state index in [0.29, 0.717) is 22.4 Å². The van der Waals surface area contributed by atoms with Gasteiger partial charge in [0.15, 0.2) is 5.78 Å². The second-order valence-electron chi connectivity index (χ2n) is 4.70. The molecule has 1 aliphatic rings. The van der Waals surface area contributed by atoms with Gasteiger partial charge in [-0.3, -0.25) is 9.78 Å². The lowest BCUT2D eigenvalue weighted by Gasteiger charge is -2.05. The number of carbonyl (C=O) groups excluding carboxylic acids is 1. The molecule has 0 atom stereocenters. The van der Waals surface area contributed by atoms with E-state index < -0.39 is 0 Å². The van der Waals surface area contributed by atoms with Gasteiger partial charge in [0.1, 0.15) is 5.76 Å². The molecule has 3 nitrogen and oxygen atoms in total. The lowest BCUT2D eigenvalue weighted by Crippen LogP contribution is -2.02. The number of rotatable bonds is 1. The van der Waals surface area contributed by atoms with Crippen LogP contribution in [-0.4, -0.2) is 15.9 Å². The molecule has 0 saturated carbocycles. The highest BCUT2D eigenvalue weighted by Gasteiger charge is 2.31. The van der Waals surface area contributed by atoms with Crippen LogP contribution < -0.4 is 0 Å². The summed E-state index contributed by atoms with van der Waals surface area (Å²) in [5, 5.41) is 10.2. The number of ketones is 1. The topological polar surface area (TPSA) is 50.2 Å². The van der Waals surface area contributed by atoms with Crippen molar-refractivity contribution in [2.75, 3.05) is 0 Å². The number of aryl methyl sites for hydroxylation is 2. The first kappa shape index (κ1) is 11.7. The average molecular weight is 251 g/mol. The molecule has 0 bridgehead atoms. The molecule has 0 radical (unpaired) electrons. The minimum Gasteiger partial charge on any atom is -0.506 e. The molecule has 19 heavy (non-hydrogen) atoms. The Labute approximate surface area is 111 Å². The first-order chi connectivity index (χ1) is 9.09. The van der Waals surface area contributed by atoms with E-state index in [-0.39, 0.29) is 11.5 Å². The highest BCUT2D eigenvalue weighted by atomic mass is 16.3. The van der Waals surface area contributed by atoms with Crippen molar-refractivity contribution in [2.45, 2.75) is 13.8 Å². The number of Topliss-reactive ketones (excluding diaryl/α,β-unsaturated/α-hetero) is 1. The van der Waals surface area contributed by atoms with Crippen LogP contribution in [-0.2, 0) is 0 Å². The van der Waals surface area contributed by atoms with Crippen LogP contribution in [0.3, 0.4) is 0 Å². The molecule has 1 aromatic heterocycles. The molecule has 0 unspecified atom stereocenters. The summed E-state index contributed by atoms with van der Waals surface area (Å²) < 4.78 is 0. The minimum atomic E-state index is -0.163. The predicted octanol–water partition coefficient (Wildman–Crippen LogP) is 3.32. The van der Waals surface area contributed by atoms with E-state index in [1.165, 1.54) is 0 Å². The Morgan fingerprint density at radius 3 is 2.32 bits per heavy atom. The van der Waals surface area contributed by atoms with Gasteiger partial charge in [0.2, 0.25) is 0 Å². The Bertz CT molecular complexity index is 729. The first-order valence-electron chi connectivity index (χ1n) is 6.11. The maximum absolute atomic E-state index is 12.3. The van der Waals surface area contributed by atoms with Crippen molar-refractivity contribution >= 4 is 17.1 Å². The fourth-order valence-electron chi connectivity index (χ4n) is 2.27. The molecule has 0 aliphatic heterocycles. The zero-order chi connectivity index (χ0) is 13.6. The van der Waals surface area contributed by atoms with Crippen molar-refractivity contribution in [2.24, 2.45) is 0 Å². The average Bonchev–Trinajstić information content (AvgIpc) is 2.66. The Hall–Kier alpha value is -2.42. The number of aromatic nitrogens is 1. The zero-order valence-electron chi connectivity index (χ0n) is 10.8. The van der Waals surface area contributed by atoms with Crippen molar-refractivity contribution in [3.63, 3.8) is 0 Å². The Morgan fingerprint density at radius 2 is 1.68 bits per heavy atom. The van der Waals surface area contributed by atoms with Crippen LogP contribution in [0.4, 0.5) is 0 Å². The number of carbonyl (C=O) groups is 1. The van der Waals surface area contributed by atoms with Gasteiger partial charge >= 0.3 is 0 Å². The maximum atomic E-state index is 12.3. The van der Waals surface area contributed by atoms with Gasteiger partial charge in [-0.15, -0.1) is 0 Å². The summed E-state index contributed by atoms with van der Waals surface area (Å²) in [5.41, 5.74) is 3.87. The molecular weight excluding hydrogens is 238 g/mol. The van der Waals surface area contributed by atoms with Gasteiger partial charge in [-0.2, -0.15) is 0 Å². The van der Waals surface area contributed by atoms with E-state index in [2.05, 4.69) is 4.98 Å². The third kappa shape index (κ3) is 1.66. The predicted molar refractivity (Wildman–Crippen MR) is 73.9 cm³/mol. The van der Waals surface area contributed by atoms with Gasteiger partial charge in [0.05, 0.1) is 11.3 Å². The van der Waals surface area contributed by atoms with Gasteiger partial charge in [-0.05, 0) is 25.5 Å². The monoisotopic (exact) mass is 251 g/mol. The zero-order valence-corrected chi connectivity index (χ0v) is 10.8. The van der Waals surface area contributed by atoms with Crippen molar-refractivity contribution in [3.05, 3.63) is 64.5 Å². The highest BCUT2D eigenvalue weighted by Crippen LogP contribution is 2.35. The van der Waals surface area contributed by atoms with Crippen molar-refractivity contribution in [1.82, 2.24) is 4.98 Å².